The van der Waals surface area contributed by atoms with E-state index in [1.807, 2.05) is 6.07 Å². The lowest BCUT2D eigenvalue weighted by Gasteiger charge is -2.02. The van der Waals surface area contributed by atoms with Gasteiger partial charge in [-0.1, -0.05) is 31.5 Å². The van der Waals surface area contributed by atoms with Crippen molar-refractivity contribution < 1.29 is 2.74 Å². The van der Waals surface area contributed by atoms with E-state index in [-0.39, 0.29) is 0 Å². The maximum Gasteiger partial charge on any atom is 0.0316 e. The van der Waals surface area contributed by atoms with Crippen molar-refractivity contribution >= 4 is 0 Å². The van der Waals surface area contributed by atoms with Crippen LogP contribution in [0.2, 0.25) is 0 Å². The molecule has 0 fully saturated rings. The van der Waals surface area contributed by atoms with Gasteiger partial charge in [0.15, 0.2) is 0 Å². The monoisotopic (exact) mass is 162 g/mol. The molecule has 1 aromatic rings. The van der Waals surface area contributed by atoms with Crippen LogP contribution >= 0.6 is 0 Å². The number of benzene rings is 1. The van der Waals surface area contributed by atoms with Gasteiger partial charge in [-0.25, -0.2) is 0 Å². The molecule has 0 N–H and O–H groups in total. The third-order valence-electron chi connectivity index (χ3n) is 2.42. The van der Waals surface area contributed by atoms with Crippen molar-refractivity contribution in [1.82, 2.24) is 0 Å². The SMILES string of the molecule is [2H]C1([2H])CCc2cc(CCC)ccc21. The highest BCUT2D eigenvalue weighted by Gasteiger charge is 2.09. The maximum atomic E-state index is 7.81. The Balaban J connectivity index is 2.34. The van der Waals surface area contributed by atoms with Crippen LogP contribution < -0.4 is 0 Å². The zero-order valence-corrected chi connectivity index (χ0v) is 7.56. The number of hydrogen-bond acceptors (Lipinski definition) is 0. The summed E-state index contributed by atoms with van der Waals surface area (Å²) in [5, 5.41) is 0. The fourth-order valence-electron chi connectivity index (χ4n) is 1.80. The van der Waals surface area contributed by atoms with E-state index in [9.17, 15) is 0 Å². The summed E-state index contributed by atoms with van der Waals surface area (Å²) >= 11 is 0. The quantitative estimate of drug-likeness (QED) is 0.626. The first-order chi connectivity index (χ1) is 6.63. The van der Waals surface area contributed by atoms with Crippen LogP contribution in [-0.2, 0) is 19.2 Å². The molecule has 2 rings (SSSR count). The molecule has 0 amide bonds. The predicted molar refractivity (Wildman–Crippen MR) is 52.5 cm³/mol. The topological polar surface area (TPSA) is 0 Å². The van der Waals surface area contributed by atoms with E-state index < -0.39 is 6.37 Å². The summed E-state index contributed by atoms with van der Waals surface area (Å²) in [4.78, 5) is 0. The zero-order chi connectivity index (χ0) is 10.2. The van der Waals surface area contributed by atoms with Gasteiger partial charge in [0.05, 0.1) is 0 Å². The predicted octanol–water partition coefficient (Wildman–Crippen LogP) is 3.13. The van der Waals surface area contributed by atoms with Gasteiger partial charge in [0, 0.05) is 2.74 Å². The Hall–Kier alpha value is -0.780. The number of aryl methyl sites for hydroxylation is 3. The van der Waals surface area contributed by atoms with Crippen LogP contribution in [0, 0.1) is 0 Å². The molecule has 0 aliphatic heterocycles. The summed E-state index contributed by atoms with van der Waals surface area (Å²) in [6.07, 6.45) is 2.74. The van der Waals surface area contributed by atoms with Crippen LogP contribution in [0.3, 0.4) is 0 Å². The van der Waals surface area contributed by atoms with Gasteiger partial charge in [-0.15, -0.1) is 0 Å². The van der Waals surface area contributed by atoms with Crippen LogP contribution in [0.15, 0.2) is 18.2 Å². The van der Waals surface area contributed by atoms with E-state index in [0.717, 1.165) is 24.8 Å². The normalized spacial score (nSPS) is 21.4. The second-order valence-corrected chi connectivity index (χ2v) is 3.42. The zero-order valence-electron chi connectivity index (χ0n) is 9.56. The van der Waals surface area contributed by atoms with E-state index in [1.165, 1.54) is 11.1 Å². The third kappa shape index (κ3) is 1.38. The smallest absolute Gasteiger partial charge is 0.0316 e. The average Bonchev–Trinajstić information content (AvgIpc) is 2.43. The molecule has 64 valence electrons. The molecule has 1 aromatic carbocycles. The van der Waals surface area contributed by atoms with Crippen molar-refractivity contribution in [3.05, 3.63) is 34.9 Å². The van der Waals surface area contributed by atoms with Gasteiger partial charge in [-0.05, 0) is 42.3 Å². The summed E-state index contributed by atoms with van der Waals surface area (Å²) in [7, 11) is 0. The van der Waals surface area contributed by atoms with Crippen molar-refractivity contribution in [2.24, 2.45) is 0 Å². The Morgan fingerprint density at radius 3 is 3.17 bits per heavy atom. The molecular weight excluding hydrogens is 144 g/mol. The van der Waals surface area contributed by atoms with E-state index in [4.69, 9.17) is 2.74 Å². The molecule has 0 radical (unpaired) electrons. The molecule has 0 atom stereocenters. The van der Waals surface area contributed by atoms with Gasteiger partial charge in [0.25, 0.3) is 0 Å². The van der Waals surface area contributed by atoms with Crippen LogP contribution in [0.25, 0.3) is 0 Å². The molecule has 1 aliphatic carbocycles. The van der Waals surface area contributed by atoms with Gasteiger partial charge in [-0.2, -0.15) is 0 Å². The number of rotatable bonds is 2. The minimum Gasteiger partial charge on any atom is -0.0651 e. The van der Waals surface area contributed by atoms with Gasteiger partial charge in [0.2, 0.25) is 0 Å². The van der Waals surface area contributed by atoms with Crippen LogP contribution in [-0.4, -0.2) is 0 Å². The van der Waals surface area contributed by atoms with Crippen molar-refractivity contribution in [3.8, 4) is 0 Å². The molecule has 0 bridgehead atoms. The highest BCUT2D eigenvalue weighted by Crippen LogP contribution is 2.23. The fraction of sp³-hybridized carbons (Fsp3) is 0.500. The first-order valence-electron chi connectivity index (χ1n) is 5.76. The molecule has 0 spiro atoms. The maximum absolute atomic E-state index is 7.81. The molecule has 1 aliphatic rings. The molecule has 0 heterocycles. The Morgan fingerprint density at radius 1 is 1.42 bits per heavy atom. The summed E-state index contributed by atoms with van der Waals surface area (Å²) in [5.74, 6) is 0. The molecule has 0 unspecified atom stereocenters. The summed E-state index contributed by atoms with van der Waals surface area (Å²) < 4.78 is 15.6. The molecule has 0 saturated heterocycles. The van der Waals surface area contributed by atoms with Crippen molar-refractivity contribution in [2.45, 2.75) is 39.0 Å². The molecule has 12 heavy (non-hydrogen) atoms. The number of fused-ring (bicyclic) bond motifs is 1. The van der Waals surface area contributed by atoms with Crippen molar-refractivity contribution in [1.29, 1.82) is 0 Å². The number of hydrogen-bond donors (Lipinski definition) is 0. The van der Waals surface area contributed by atoms with E-state index in [1.54, 1.807) is 0 Å². The average molecular weight is 162 g/mol. The molecular formula is C12H16. The Kier molecular flexibility index (Phi) is 1.59. The van der Waals surface area contributed by atoms with Crippen molar-refractivity contribution in [3.63, 3.8) is 0 Å². The minimum atomic E-state index is -1.08. The molecule has 0 nitrogen and oxygen atoms in total. The van der Waals surface area contributed by atoms with Gasteiger partial charge < -0.3 is 0 Å². The van der Waals surface area contributed by atoms with E-state index >= 15 is 0 Å². The Bertz CT molecular complexity index is 342. The largest absolute Gasteiger partial charge is 0.0651 e. The van der Waals surface area contributed by atoms with Gasteiger partial charge in [-0.3, -0.25) is 0 Å². The standard InChI is InChI=1S/C12H16/c1-2-4-10-7-8-11-5-3-6-12(11)9-10/h7-9H,2-6H2,1H3/i5D2. The lowest BCUT2D eigenvalue weighted by atomic mass is 10.0. The lowest BCUT2D eigenvalue weighted by molar-refractivity contribution is 0.907. The summed E-state index contributed by atoms with van der Waals surface area (Å²) in [5.41, 5.74) is 3.49. The summed E-state index contributed by atoms with van der Waals surface area (Å²) in [6, 6.07) is 6.24. The lowest BCUT2D eigenvalue weighted by Crippen LogP contribution is -1.87. The molecule has 0 heteroatoms. The fourth-order valence-corrected chi connectivity index (χ4v) is 1.80. The van der Waals surface area contributed by atoms with E-state index in [0.29, 0.717) is 6.42 Å². The molecule has 0 saturated carbocycles. The first-order valence-corrected chi connectivity index (χ1v) is 4.76. The first kappa shape index (κ1) is 5.80. The highest BCUT2D eigenvalue weighted by atomic mass is 14.1. The second-order valence-electron chi connectivity index (χ2n) is 3.42. The van der Waals surface area contributed by atoms with Crippen LogP contribution in [0.4, 0.5) is 0 Å². The molecule has 0 aromatic heterocycles. The summed E-state index contributed by atoms with van der Waals surface area (Å²) in [6.45, 7) is 2.17. The van der Waals surface area contributed by atoms with Crippen LogP contribution in [0.1, 0.15) is 39.2 Å². The Labute approximate surface area is 77.4 Å². The van der Waals surface area contributed by atoms with Crippen molar-refractivity contribution in [2.75, 3.05) is 0 Å². The van der Waals surface area contributed by atoms with Gasteiger partial charge in [0.1, 0.15) is 0 Å². The van der Waals surface area contributed by atoms with E-state index in [2.05, 4.69) is 19.1 Å². The Morgan fingerprint density at radius 2 is 2.33 bits per heavy atom. The second kappa shape index (κ2) is 3.30. The third-order valence-corrected chi connectivity index (χ3v) is 2.42. The van der Waals surface area contributed by atoms with Crippen LogP contribution in [0.5, 0.6) is 0 Å². The highest BCUT2D eigenvalue weighted by molar-refractivity contribution is 5.35. The minimum absolute atomic E-state index is 0.651. The van der Waals surface area contributed by atoms with Gasteiger partial charge >= 0.3 is 0 Å².